The summed E-state index contributed by atoms with van der Waals surface area (Å²) in [5.41, 5.74) is 1.73. The summed E-state index contributed by atoms with van der Waals surface area (Å²) in [6, 6.07) is 13.1. The fraction of sp³-hybridized carbons (Fsp3) is 0.333. The molecule has 2 aliphatic rings. The van der Waals surface area contributed by atoms with Crippen molar-refractivity contribution in [3.05, 3.63) is 48.0 Å². The largest absolute Gasteiger partial charge is 0.497 e. The first-order valence-electron chi connectivity index (χ1n) is 9.23. The number of hydrogen-bond acceptors (Lipinski definition) is 5. The van der Waals surface area contributed by atoms with Gasteiger partial charge in [-0.1, -0.05) is 12.1 Å². The van der Waals surface area contributed by atoms with Gasteiger partial charge in [0, 0.05) is 31.3 Å². The standard InChI is InChI=1S/C21H22N2O5/c1-26-17-4-2-3-14(9-17)7-8-23-12-15(10-20(23)24)21(25)22-16-5-6-18-19(11-16)28-13-27-18/h2-6,9,11,15H,7-8,10,12-13H2,1H3,(H,22,25). The maximum Gasteiger partial charge on any atom is 0.231 e. The Bertz CT molecular complexity index is 898. The molecule has 2 amide bonds. The summed E-state index contributed by atoms with van der Waals surface area (Å²) in [5, 5.41) is 2.87. The molecule has 0 spiro atoms. The maximum atomic E-state index is 12.6. The quantitative estimate of drug-likeness (QED) is 0.831. The van der Waals surface area contributed by atoms with Gasteiger partial charge >= 0.3 is 0 Å². The number of carbonyl (C=O) groups is 2. The number of ether oxygens (including phenoxy) is 3. The van der Waals surface area contributed by atoms with Crippen LogP contribution >= 0.6 is 0 Å². The van der Waals surface area contributed by atoms with Crippen molar-refractivity contribution >= 4 is 17.5 Å². The van der Waals surface area contributed by atoms with Crippen LogP contribution in [0.3, 0.4) is 0 Å². The lowest BCUT2D eigenvalue weighted by Gasteiger charge is -2.17. The van der Waals surface area contributed by atoms with Crippen molar-refractivity contribution in [2.45, 2.75) is 12.8 Å². The number of hydrogen-bond donors (Lipinski definition) is 1. The van der Waals surface area contributed by atoms with E-state index in [0.717, 1.165) is 17.7 Å². The summed E-state index contributed by atoms with van der Waals surface area (Å²) >= 11 is 0. The minimum absolute atomic E-state index is 0.00809. The molecule has 1 atom stereocenters. The van der Waals surface area contributed by atoms with Crippen molar-refractivity contribution in [2.24, 2.45) is 5.92 Å². The lowest BCUT2D eigenvalue weighted by Crippen LogP contribution is -2.30. The fourth-order valence-electron chi connectivity index (χ4n) is 3.47. The second-order valence-electron chi connectivity index (χ2n) is 6.90. The summed E-state index contributed by atoms with van der Waals surface area (Å²) in [4.78, 5) is 26.7. The van der Waals surface area contributed by atoms with Gasteiger partial charge in [0.25, 0.3) is 0 Å². The molecule has 0 saturated carbocycles. The van der Waals surface area contributed by atoms with E-state index in [9.17, 15) is 9.59 Å². The van der Waals surface area contributed by atoms with Crippen LogP contribution in [-0.4, -0.2) is 43.7 Å². The third-order valence-corrected chi connectivity index (χ3v) is 5.03. The van der Waals surface area contributed by atoms with E-state index >= 15 is 0 Å². The number of rotatable bonds is 6. The highest BCUT2D eigenvalue weighted by molar-refractivity contribution is 5.97. The second kappa shape index (κ2) is 7.80. The first-order chi connectivity index (χ1) is 13.6. The van der Waals surface area contributed by atoms with Crippen LogP contribution in [0.4, 0.5) is 5.69 Å². The third kappa shape index (κ3) is 3.88. The number of anilines is 1. The smallest absolute Gasteiger partial charge is 0.231 e. The SMILES string of the molecule is COc1cccc(CCN2CC(C(=O)Nc3ccc4c(c3)OCO4)CC2=O)c1. The Balaban J connectivity index is 1.32. The molecule has 0 aliphatic carbocycles. The summed E-state index contributed by atoms with van der Waals surface area (Å²) in [5.74, 6) is 1.57. The highest BCUT2D eigenvalue weighted by Gasteiger charge is 2.34. The molecule has 2 aliphatic heterocycles. The molecule has 28 heavy (non-hydrogen) atoms. The molecule has 7 nitrogen and oxygen atoms in total. The molecule has 2 aromatic carbocycles. The van der Waals surface area contributed by atoms with Crippen molar-refractivity contribution < 1.29 is 23.8 Å². The molecule has 1 N–H and O–H groups in total. The molecule has 0 aromatic heterocycles. The van der Waals surface area contributed by atoms with Crippen LogP contribution in [0.1, 0.15) is 12.0 Å². The molecule has 0 radical (unpaired) electrons. The Hall–Kier alpha value is -3.22. The number of benzene rings is 2. The van der Waals surface area contributed by atoms with E-state index in [-0.39, 0.29) is 30.9 Å². The van der Waals surface area contributed by atoms with Crippen LogP contribution in [0.5, 0.6) is 17.2 Å². The Morgan fingerprint density at radius 2 is 2.07 bits per heavy atom. The zero-order chi connectivity index (χ0) is 19.5. The molecular formula is C21H22N2O5. The van der Waals surface area contributed by atoms with Gasteiger partial charge in [-0.05, 0) is 36.2 Å². The zero-order valence-electron chi connectivity index (χ0n) is 15.6. The Morgan fingerprint density at radius 3 is 2.93 bits per heavy atom. The summed E-state index contributed by atoms with van der Waals surface area (Å²) in [7, 11) is 1.63. The molecule has 146 valence electrons. The van der Waals surface area contributed by atoms with Gasteiger partial charge in [-0.2, -0.15) is 0 Å². The van der Waals surface area contributed by atoms with Crippen LogP contribution in [0, 0.1) is 5.92 Å². The molecule has 1 saturated heterocycles. The number of nitrogens with zero attached hydrogens (tertiary/aromatic N) is 1. The Morgan fingerprint density at radius 1 is 1.21 bits per heavy atom. The van der Waals surface area contributed by atoms with E-state index in [2.05, 4.69) is 5.32 Å². The average molecular weight is 382 g/mol. The predicted molar refractivity (Wildman–Crippen MR) is 103 cm³/mol. The van der Waals surface area contributed by atoms with Crippen molar-refractivity contribution in [3.63, 3.8) is 0 Å². The van der Waals surface area contributed by atoms with Crippen LogP contribution < -0.4 is 19.5 Å². The molecular weight excluding hydrogens is 360 g/mol. The molecule has 1 unspecified atom stereocenters. The monoisotopic (exact) mass is 382 g/mol. The van der Waals surface area contributed by atoms with Gasteiger partial charge < -0.3 is 24.4 Å². The van der Waals surface area contributed by atoms with E-state index < -0.39 is 0 Å². The van der Waals surface area contributed by atoms with E-state index in [1.165, 1.54) is 0 Å². The fourth-order valence-corrected chi connectivity index (χ4v) is 3.47. The molecule has 2 heterocycles. The third-order valence-electron chi connectivity index (χ3n) is 5.03. The number of likely N-dealkylation sites (tertiary alicyclic amines) is 1. The van der Waals surface area contributed by atoms with E-state index in [0.29, 0.717) is 30.3 Å². The van der Waals surface area contributed by atoms with Crippen molar-refractivity contribution in [1.82, 2.24) is 4.90 Å². The molecule has 1 fully saturated rings. The van der Waals surface area contributed by atoms with Gasteiger partial charge in [0.15, 0.2) is 11.5 Å². The summed E-state index contributed by atoms with van der Waals surface area (Å²) in [6.07, 6.45) is 0.952. The molecule has 4 rings (SSSR count). The molecule has 2 aromatic rings. The maximum absolute atomic E-state index is 12.6. The van der Waals surface area contributed by atoms with Gasteiger partial charge in [-0.3, -0.25) is 9.59 Å². The van der Waals surface area contributed by atoms with Crippen LogP contribution in [0.2, 0.25) is 0 Å². The van der Waals surface area contributed by atoms with E-state index in [4.69, 9.17) is 14.2 Å². The highest BCUT2D eigenvalue weighted by atomic mass is 16.7. The van der Waals surface area contributed by atoms with Crippen LogP contribution in [0.25, 0.3) is 0 Å². The van der Waals surface area contributed by atoms with Gasteiger partial charge in [0.05, 0.1) is 13.0 Å². The van der Waals surface area contributed by atoms with Gasteiger partial charge in [-0.15, -0.1) is 0 Å². The minimum Gasteiger partial charge on any atom is -0.497 e. The lowest BCUT2D eigenvalue weighted by atomic mass is 10.1. The normalized spacial score (nSPS) is 17.7. The number of carbonyl (C=O) groups excluding carboxylic acids is 2. The molecule has 0 bridgehead atoms. The minimum atomic E-state index is -0.358. The van der Waals surface area contributed by atoms with Crippen molar-refractivity contribution in [3.8, 4) is 17.2 Å². The average Bonchev–Trinajstić information content (AvgIpc) is 3.32. The van der Waals surface area contributed by atoms with E-state index in [1.54, 1.807) is 30.2 Å². The van der Waals surface area contributed by atoms with Crippen molar-refractivity contribution in [1.29, 1.82) is 0 Å². The summed E-state index contributed by atoms with van der Waals surface area (Å²) in [6.45, 7) is 1.20. The lowest BCUT2D eigenvalue weighted by molar-refractivity contribution is -0.128. The first kappa shape index (κ1) is 18.2. The highest BCUT2D eigenvalue weighted by Crippen LogP contribution is 2.34. The Kier molecular flexibility index (Phi) is 5.06. The van der Waals surface area contributed by atoms with Crippen molar-refractivity contribution in [2.75, 3.05) is 32.3 Å². The zero-order valence-corrected chi connectivity index (χ0v) is 15.6. The molecule has 7 heteroatoms. The first-order valence-corrected chi connectivity index (χ1v) is 9.23. The van der Waals surface area contributed by atoms with Gasteiger partial charge in [-0.25, -0.2) is 0 Å². The number of fused-ring (bicyclic) bond motifs is 1. The Labute approximate surface area is 163 Å². The predicted octanol–water partition coefficient (Wildman–Crippen LogP) is 2.45. The number of nitrogens with one attached hydrogen (secondary N) is 1. The summed E-state index contributed by atoms with van der Waals surface area (Å²) < 4.78 is 15.8. The number of methoxy groups -OCH3 is 1. The second-order valence-corrected chi connectivity index (χ2v) is 6.90. The van der Waals surface area contributed by atoms with Crippen LogP contribution in [0.15, 0.2) is 42.5 Å². The van der Waals surface area contributed by atoms with E-state index in [1.807, 2.05) is 24.3 Å². The topological polar surface area (TPSA) is 77.1 Å². The van der Waals surface area contributed by atoms with Gasteiger partial charge in [0.2, 0.25) is 18.6 Å². The number of amides is 2. The van der Waals surface area contributed by atoms with Gasteiger partial charge in [0.1, 0.15) is 5.75 Å². The van der Waals surface area contributed by atoms with Crippen LogP contribution in [-0.2, 0) is 16.0 Å².